The molecule has 0 aliphatic carbocycles. The van der Waals surface area contributed by atoms with Crippen molar-refractivity contribution in [3.8, 4) is 0 Å². The van der Waals surface area contributed by atoms with Crippen LogP contribution in [0.2, 0.25) is 0 Å². The SMILES string of the molecule is NS(=O)(=O)c1ccc(CC(=O)N2CCN(S(=O)(=O)/C=C/c3ccccc3)CC2)cc1. The Bertz CT molecular complexity index is 1120. The summed E-state index contributed by atoms with van der Waals surface area (Å²) in [5, 5.41) is 6.25. The van der Waals surface area contributed by atoms with E-state index in [0.717, 1.165) is 5.56 Å². The van der Waals surface area contributed by atoms with Crippen LogP contribution in [-0.4, -0.2) is 58.1 Å². The second-order valence-electron chi connectivity index (χ2n) is 6.90. The Morgan fingerprint density at radius 1 is 0.900 bits per heavy atom. The monoisotopic (exact) mass is 449 g/mol. The van der Waals surface area contributed by atoms with Crippen molar-refractivity contribution in [2.24, 2.45) is 5.14 Å². The number of nitrogens with zero attached hydrogens (tertiary/aromatic N) is 2. The van der Waals surface area contributed by atoms with Crippen molar-refractivity contribution in [2.75, 3.05) is 26.2 Å². The van der Waals surface area contributed by atoms with Gasteiger partial charge in [0.2, 0.25) is 26.0 Å². The van der Waals surface area contributed by atoms with E-state index in [2.05, 4.69) is 0 Å². The third-order valence-corrected chi connectivity index (χ3v) is 7.28. The zero-order chi connectivity index (χ0) is 21.8. The lowest BCUT2D eigenvalue weighted by Crippen LogP contribution is -2.50. The molecule has 10 heteroatoms. The second kappa shape index (κ2) is 9.09. The molecule has 1 saturated heterocycles. The van der Waals surface area contributed by atoms with Crippen molar-refractivity contribution in [1.82, 2.24) is 9.21 Å². The molecule has 160 valence electrons. The molecule has 1 fully saturated rings. The Kier molecular flexibility index (Phi) is 6.71. The van der Waals surface area contributed by atoms with Crippen LogP contribution in [0.15, 0.2) is 64.9 Å². The summed E-state index contributed by atoms with van der Waals surface area (Å²) < 4.78 is 49.0. The van der Waals surface area contributed by atoms with Gasteiger partial charge in [-0.15, -0.1) is 0 Å². The van der Waals surface area contributed by atoms with E-state index in [1.165, 1.54) is 21.8 Å². The van der Waals surface area contributed by atoms with Gasteiger partial charge in [-0.25, -0.2) is 22.0 Å². The number of amides is 1. The van der Waals surface area contributed by atoms with E-state index in [1.54, 1.807) is 23.1 Å². The molecule has 30 heavy (non-hydrogen) atoms. The molecule has 1 amide bonds. The van der Waals surface area contributed by atoms with Crippen LogP contribution in [0.5, 0.6) is 0 Å². The fourth-order valence-electron chi connectivity index (χ4n) is 3.09. The molecule has 1 aliphatic heterocycles. The van der Waals surface area contributed by atoms with Crippen LogP contribution in [0.3, 0.4) is 0 Å². The van der Waals surface area contributed by atoms with Gasteiger partial charge in [-0.1, -0.05) is 42.5 Å². The molecule has 8 nitrogen and oxygen atoms in total. The predicted octanol–water partition coefficient (Wildman–Crippen LogP) is 1.02. The molecule has 0 unspecified atom stereocenters. The van der Waals surface area contributed by atoms with E-state index >= 15 is 0 Å². The number of sulfonamides is 2. The molecule has 1 aliphatic rings. The van der Waals surface area contributed by atoms with Gasteiger partial charge >= 0.3 is 0 Å². The van der Waals surface area contributed by atoms with Gasteiger partial charge in [-0.3, -0.25) is 4.79 Å². The summed E-state index contributed by atoms with van der Waals surface area (Å²) in [4.78, 5) is 14.1. The Labute approximate surface area is 176 Å². The number of primary sulfonamides is 1. The number of rotatable bonds is 6. The topological polar surface area (TPSA) is 118 Å². The summed E-state index contributed by atoms with van der Waals surface area (Å²) in [5.41, 5.74) is 1.46. The van der Waals surface area contributed by atoms with Crippen molar-refractivity contribution < 1.29 is 21.6 Å². The average Bonchev–Trinajstić information content (AvgIpc) is 2.73. The van der Waals surface area contributed by atoms with Gasteiger partial charge in [0.05, 0.1) is 11.3 Å². The lowest BCUT2D eigenvalue weighted by Gasteiger charge is -2.33. The van der Waals surface area contributed by atoms with Crippen LogP contribution in [0, 0.1) is 0 Å². The molecular formula is C20H23N3O5S2. The zero-order valence-corrected chi connectivity index (χ0v) is 17.8. The van der Waals surface area contributed by atoms with Crippen molar-refractivity contribution in [3.63, 3.8) is 0 Å². The van der Waals surface area contributed by atoms with E-state index in [1.807, 2.05) is 30.3 Å². The molecule has 0 radical (unpaired) electrons. The normalized spacial score (nSPS) is 16.1. The van der Waals surface area contributed by atoms with E-state index in [0.29, 0.717) is 18.7 Å². The Hall–Kier alpha value is -2.53. The van der Waals surface area contributed by atoms with Gasteiger partial charge in [-0.2, -0.15) is 4.31 Å². The first kappa shape index (κ1) is 22.2. The average molecular weight is 450 g/mol. The maximum absolute atomic E-state index is 12.5. The molecule has 0 spiro atoms. The number of carbonyl (C=O) groups is 1. The number of benzene rings is 2. The standard InChI is InChI=1S/C20H23N3O5S2/c21-30(27,28)19-8-6-18(7-9-19)16-20(24)22-11-13-23(14-12-22)29(25,26)15-10-17-4-2-1-3-5-17/h1-10,15H,11-14,16H2,(H2,21,27,28)/b15-10+. The highest BCUT2D eigenvalue weighted by Crippen LogP contribution is 2.14. The maximum Gasteiger partial charge on any atom is 0.238 e. The Morgan fingerprint density at radius 3 is 2.07 bits per heavy atom. The van der Waals surface area contributed by atoms with Crippen LogP contribution < -0.4 is 5.14 Å². The third kappa shape index (κ3) is 5.76. The Balaban J connectivity index is 1.55. The summed E-state index contributed by atoms with van der Waals surface area (Å²) in [7, 11) is -7.34. The van der Waals surface area contributed by atoms with Gasteiger partial charge < -0.3 is 4.90 Å². The fraction of sp³-hybridized carbons (Fsp3) is 0.250. The molecule has 0 saturated carbocycles. The Morgan fingerprint density at radius 2 is 1.50 bits per heavy atom. The summed E-state index contributed by atoms with van der Waals surface area (Å²) >= 11 is 0. The van der Waals surface area contributed by atoms with Gasteiger partial charge in [-0.05, 0) is 29.3 Å². The van der Waals surface area contributed by atoms with Crippen LogP contribution in [0.1, 0.15) is 11.1 Å². The van der Waals surface area contributed by atoms with Crippen LogP contribution >= 0.6 is 0 Å². The molecule has 1 heterocycles. The van der Waals surface area contributed by atoms with Crippen molar-refractivity contribution >= 4 is 32.0 Å². The van der Waals surface area contributed by atoms with E-state index < -0.39 is 20.0 Å². The highest BCUT2D eigenvalue weighted by molar-refractivity contribution is 7.92. The fourth-order valence-corrected chi connectivity index (χ4v) is 4.78. The molecule has 0 aromatic heterocycles. The number of hydrogen-bond donors (Lipinski definition) is 1. The number of piperazine rings is 1. The lowest BCUT2D eigenvalue weighted by molar-refractivity contribution is -0.131. The molecule has 0 atom stereocenters. The van der Waals surface area contributed by atoms with Gasteiger partial charge in [0.1, 0.15) is 0 Å². The van der Waals surface area contributed by atoms with Gasteiger partial charge in [0.25, 0.3) is 0 Å². The third-order valence-electron chi connectivity index (χ3n) is 4.79. The first-order chi connectivity index (χ1) is 14.1. The molecule has 2 aromatic rings. The largest absolute Gasteiger partial charge is 0.340 e. The quantitative estimate of drug-likeness (QED) is 0.706. The first-order valence-corrected chi connectivity index (χ1v) is 12.3. The predicted molar refractivity (Wildman–Crippen MR) is 114 cm³/mol. The van der Waals surface area contributed by atoms with Gasteiger partial charge in [0, 0.05) is 31.6 Å². The van der Waals surface area contributed by atoms with Crippen molar-refractivity contribution in [3.05, 3.63) is 71.1 Å². The minimum Gasteiger partial charge on any atom is -0.340 e. The molecule has 3 rings (SSSR count). The minimum atomic E-state index is -3.77. The van der Waals surface area contributed by atoms with Crippen LogP contribution in [0.25, 0.3) is 6.08 Å². The van der Waals surface area contributed by atoms with Crippen molar-refractivity contribution in [1.29, 1.82) is 0 Å². The second-order valence-corrected chi connectivity index (χ2v) is 10.3. The van der Waals surface area contributed by atoms with Crippen LogP contribution in [0.4, 0.5) is 0 Å². The summed E-state index contributed by atoms with van der Waals surface area (Å²) in [6, 6.07) is 15.0. The molecular weight excluding hydrogens is 426 g/mol. The van der Waals surface area contributed by atoms with Gasteiger partial charge in [0.15, 0.2) is 0 Å². The van der Waals surface area contributed by atoms with Crippen LogP contribution in [-0.2, 0) is 31.3 Å². The zero-order valence-electron chi connectivity index (χ0n) is 16.2. The summed E-state index contributed by atoms with van der Waals surface area (Å²) in [6.07, 6.45) is 1.66. The highest BCUT2D eigenvalue weighted by atomic mass is 32.2. The number of hydrogen-bond acceptors (Lipinski definition) is 5. The molecule has 2 N–H and O–H groups in total. The smallest absolute Gasteiger partial charge is 0.238 e. The van der Waals surface area contributed by atoms with E-state index in [4.69, 9.17) is 5.14 Å². The first-order valence-electron chi connectivity index (χ1n) is 9.28. The number of nitrogens with two attached hydrogens (primary N) is 1. The maximum atomic E-state index is 12.5. The number of carbonyl (C=O) groups excluding carboxylic acids is 1. The summed E-state index contributed by atoms with van der Waals surface area (Å²) in [5.74, 6) is -0.143. The highest BCUT2D eigenvalue weighted by Gasteiger charge is 2.27. The lowest BCUT2D eigenvalue weighted by atomic mass is 10.1. The summed E-state index contributed by atoms with van der Waals surface area (Å²) in [6.45, 7) is 1.04. The van der Waals surface area contributed by atoms with E-state index in [9.17, 15) is 21.6 Å². The van der Waals surface area contributed by atoms with E-state index in [-0.39, 0.29) is 30.3 Å². The molecule has 2 aromatic carbocycles. The minimum absolute atomic E-state index is 0.0129. The van der Waals surface area contributed by atoms with Crippen molar-refractivity contribution in [2.45, 2.75) is 11.3 Å². The molecule has 0 bridgehead atoms.